The first kappa shape index (κ1) is 16.7. The molecule has 1 aromatic carbocycles. The van der Waals surface area contributed by atoms with Crippen LogP contribution in [-0.2, 0) is 14.3 Å². The van der Waals surface area contributed by atoms with E-state index >= 15 is 0 Å². The average Bonchev–Trinajstić information content (AvgIpc) is 2.43. The average molecular weight is 344 g/mol. The third-order valence-electron chi connectivity index (χ3n) is 2.58. The Bertz CT molecular complexity index is 464. The smallest absolute Gasteiger partial charge is 0.325 e. The molecule has 1 amide bonds. The highest BCUT2D eigenvalue weighted by Gasteiger charge is 2.20. The molecule has 1 rings (SSSR count). The third kappa shape index (κ3) is 4.94. The lowest BCUT2D eigenvalue weighted by Gasteiger charge is -2.21. The fourth-order valence-corrected chi connectivity index (χ4v) is 2.08. The molecule has 0 fully saturated rings. The fourth-order valence-electron chi connectivity index (χ4n) is 1.62. The van der Waals surface area contributed by atoms with Gasteiger partial charge in [-0.25, -0.2) is 0 Å². The van der Waals surface area contributed by atoms with Crippen molar-refractivity contribution in [3.05, 3.63) is 34.3 Å². The van der Waals surface area contributed by atoms with Gasteiger partial charge in [0.1, 0.15) is 6.54 Å². The van der Waals surface area contributed by atoms with Gasteiger partial charge in [0.15, 0.2) is 0 Å². The number of benzene rings is 1. The van der Waals surface area contributed by atoms with Crippen LogP contribution in [0.2, 0.25) is 0 Å². The van der Waals surface area contributed by atoms with Gasteiger partial charge in [-0.05, 0) is 35.0 Å². The monoisotopic (exact) mass is 343 g/mol. The van der Waals surface area contributed by atoms with E-state index in [1.54, 1.807) is 32.2 Å². The molecule has 0 aliphatic heterocycles. The summed E-state index contributed by atoms with van der Waals surface area (Å²) in [4.78, 5) is 25.4. The quantitative estimate of drug-likeness (QED) is 0.711. The number of hydrogen-bond donors (Lipinski definition) is 0. The summed E-state index contributed by atoms with van der Waals surface area (Å²) < 4.78 is 10.5. The molecule has 0 N–H and O–H groups in total. The summed E-state index contributed by atoms with van der Waals surface area (Å²) in [5.74, 6) is -0.661. The van der Waals surface area contributed by atoms with Crippen LogP contribution in [-0.4, -0.2) is 50.2 Å². The molecule has 20 heavy (non-hydrogen) atoms. The summed E-state index contributed by atoms with van der Waals surface area (Å²) in [6.07, 6.45) is 0. The summed E-state index contributed by atoms with van der Waals surface area (Å²) in [5.41, 5.74) is 0.507. The van der Waals surface area contributed by atoms with E-state index in [0.717, 1.165) is 0 Å². The van der Waals surface area contributed by atoms with Gasteiger partial charge in [-0.15, -0.1) is 0 Å². The first-order valence-electron chi connectivity index (χ1n) is 6.28. The standard InChI is InChI=1S/C14H18BrNO4/c1-3-20-13(17)10-16(8-9-19-2)14(18)11-6-4-5-7-12(11)15/h4-7H,3,8-10H2,1-2H3. The molecule has 0 aromatic heterocycles. The fraction of sp³-hybridized carbons (Fsp3) is 0.429. The van der Waals surface area contributed by atoms with Crippen LogP contribution in [0.5, 0.6) is 0 Å². The number of esters is 1. The van der Waals surface area contributed by atoms with Crippen LogP contribution in [0.25, 0.3) is 0 Å². The van der Waals surface area contributed by atoms with Crippen LogP contribution in [0.1, 0.15) is 17.3 Å². The zero-order valence-electron chi connectivity index (χ0n) is 11.6. The second kappa shape index (κ2) is 8.71. The lowest BCUT2D eigenvalue weighted by atomic mass is 10.2. The number of halogens is 1. The van der Waals surface area contributed by atoms with Crippen molar-refractivity contribution in [2.45, 2.75) is 6.92 Å². The van der Waals surface area contributed by atoms with Gasteiger partial charge in [0.05, 0.1) is 18.8 Å². The van der Waals surface area contributed by atoms with Crippen molar-refractivity contribution in [2.24, 2.45) is 0 Å². The zero-order valence-corrected chi connectivity index (χ0v) is 13.2. The van der Waals surface area contributed by atoms with Crippen molar-refractivity contribution >= 4 is 27.8 Å². The van der Waals surface area contributed by atoms with Crippen molar-refractivity contribution in [2.75, 3.05) is 33.4 Å². The Morgan fingerprint density at radius 3 is 2.60 bits per heavy atom. The van der Waals surface area contributed by atoms with Gasteiger partial charge in [-0.2, -0.15) is 0 Å². The van der Waals surface area contributed by atoms with Crippen molar-refractivity contribution < 1.29 is 19.1 Å². The molecule has 6 heteroatoms. The van der Waals surface area contributed by atoms with Crippen molar-refractivity contribution in [3.8, 4) is 0 Å². The van der Waals surface area contributed by atoms with Gasteiger partial charge >= 0.3 is 5.97 Å². The molecule has 0 bridgehead atoms. The van der Waals surface area contributed by atoms with E-state index in [-0.39, 0.29) is 12.5 Å². The number of rotatable bonds is 7. The normalized spacial score (nSPS) is 10.2. The summed E-state index contributed by atoms with van der Waals surface area (Å²) in [6.45, 7) is 2.62. The van der Waals surface area contributed by atoms with Crippen LogP contribution in [0.3, 0.4) is 0 Å². The van der Waals surface area contributed by atoms with Gasteiger partial charge < -0.3 is 14.4 Å². The van der Waals surface area contributed by atoms with E-state index in [0.29, 0.717) is 29.8 Å². The van der Waals surface area contributed by atoms with E-state index in [1.807, 2.05) is 6.07 Å². The Morgan fingerprint density at radius 2 is 2.00 bits per heavy atom. The Morgan fingerprint density at radius 1 is 1.30 bits per heavy atom. The molecule has 0 radical (unpaired) electrons. The Kier molecular flexibility index (Phi) is 7.25. The van der Waals surface area contributed by atoms with Crippen molar-refractivity contribution in [1.29, 1.82) is 0 Å². The maximum Gasteiger partial charge on any atom is 0.325 e. The zero-order chi connectivity index (χ0) is 15.0. The predicted octanol–water partition coefficient (Wildman–Crippen LogP) is 2.10. The number of carbonyl (C=O) groups is 2. The van der Waals surface area contributed by atoms with Gasteiger partial charge in [0.2, 0.25) is 0 Å². The number of ether oxygens (including phenoxy) is 2. The lowest BCUT2D eigenvalue weighted by molar-refractivity contribution is -0.143. The minimum atomic E-state index is -0.427. The molecule has 0 heterocycles. The summed E-state index contributed by atoms with van der Waals surface area (Å²) in [6, 6.07) is 7.09. The largest absolute Gasteiger partial charge is 0.465 e. The summed E-state index contributed by atoms with van der Waals surface area (Å²) in [7, 11) is 1.55. The number of hydrogen-bond acceptors (Lipinski definition) is 4. The molecule has 0 saturated heterocycles. The highest BCUT2D eigenvalue weighted by atomic mass is 79.9. The molecule has 0 saturated carbocycles. The molecular weight excluding hydrogens is 326 g/mol. The molecule has 5 nitrogen and oxygen atoms in total. The minimum Gasteiger partial charge on any atom is -0.465 e. The first-order chi connectivity index (χ1) is 9.60. The molecule has 0 aliphatic rings. The second-order valence-electron chi connectivity index (χ2n) is 4.00. The van der Waals surface area contributed by atoms with E-state index in [1.165, 1.54) is 4.90 Å². The molecular formula is C14H18BrNO4. The number of methoxy groups -OCH3 is 1. The van der Waals surface area contributed by atoms with Gasteiger partial charge in [-0.3, -0.25) is 9.59 Å². The maximum atomic E-state index is 12.4. The van der Waals surface area contributed by atoms with Crippen LogP contribution < -0.4 is 0 Å². The molecule has 0 unspecified atom stereocenters. The summed E-state index contributed by atoms with van der Waals surface area (Å²) in [5, 5.41) is 0. The lowest BCUT2D eigenvalue weighted by Crippen LogP contribution is -2.38. The van der Waals surface area contributed by atoms with Crippen molar-refractivity contribution in [1.82, 2.24) is 4.90 Å². The van der Waals surface area contributed by atoms with E-state index in [4.69, 9.17) is 9.47 Å². The van der Waals surface area contributed by atoms with Crippen molar-refractivity contribution in [3.63, 3.8) is 0 Å². The second-order valence-corrected chi connectivity index (χ2v) is 4.86. The molecule has 1 aromatic rings. The Hall–Kier alpha value is -1.40. The molecule has 0 atom stereocenters. The summed E-state index contributed by atoms with van der Waals surface area (Å²) >= 11 is 3.34. The van der Waals surface area contributed by atoms with Gasteiger partial charge in [-0.1, -0.05) is 12.1 Å². The van der Waals surface area contributed by atoms with E-state index < -0.39 is 5.97 Å². The third-order valence-corrected chi connectivity index (χ3v) is 3.27. The Labute approximate surface area is 127 Å². The van der Waals surface area contributed by atoms with Crippen LogP contribution >= 0.6 is 15.9 Å². The predicted molar refractivity (Wildman–Crippen MR) is 78.6 cm³/mol. The van der Waals surface area contributed by atoms with E-state index in [9.17, 15) is 9.59 Å². The molecule has 110 valence electrons. The molecule has 0 spiro atoms. The van der Waals surface area contributed by atoms with Crippen LogP contribution in [0.15, 0.2) is 28.7 Å². The Balaban J connectivity index is 2.84. The minimum absolute atomic E-state index is 0.0859. The first-order valence-corrected chi connectivity index (χ1v) is 7.07. The number of amides is 1. The van der Waals surface area contributed by atoms with Gasteiger partial charge in [0.25, 0.3) is 5.91 Å². The van der Waals surface area contributed by atoms with Crippen LogP contribution in [0.4, 0.5) is 0 Å². The van der Waals surface area contributed by atoms with E-state index in [2.05, 4.69) is 15.9 Å². The topological polar surface area (TPSA) is 55.8 Å². The number of carbonyl (C=O) groups excluding carboxylic acids is 2. The highest BCUT2D eigenvalue weighted by Crippen LogP contribution is 2.17. The highest BCUT2D eigenvalue weighted by molar-refractivity contribution is 9.10. The number of nitrogens with zero attached hydrogens (tertiary/aromatic N) is 1. The molecule has 0 aliphatic carbocycles. The van der Waals surface area contributed by atoms with Crippen LogP contribution in [0, 0.1) is 0 Å². The SMILES string of the molecule is CCOC(=O)CN(CCOC)C(=O)c1ccccc1Br. The maximum absolute atomic E-state index is 12.4. The van der Waals surface area contributed by atoms with Gasteiger partial charge in [0, 0.05) is 18.1 Å².